The van der Waals surface area contributed by atoms with E-state index in [1.807, 2.05) is 6.07 Å². The Hall–Kier alpha value is -5.55. The molecule has 0 heterocycles. The lowest BCUT2D eigenvalue weighted by Gasteiger charge is -2.14. The molecule has 0 aliphatic rings. The molecule has 0 saturated carbocycles. The van der Waals surface area contributed by atoms with Gasteiger partial charge in [-0.25, -0.2) is 0 Å². The molecule has 0 radical (unpaired) electrons. The van der Waals surface area contributed by atoms with E-state index in [1.54, 1.807) is 91.0 Å². The molecule has 0 aromatic heterocycles. The van der Waals surface area contributed by atoms with Crippen LogP contribution in [-0.2, 0) is 14.4 Å². The Bertz CT molecular complexity index is 1710. The number of methoxy groups -OCH3 is 2. The fourth-order valence-electron chi connectivity index (χ4n) is 4.10. The summed E-state index contributed by atoms with van der Waals surface area (Å²) in [5.74, 6) is -0.266. The summed E-state index contributed by atoms with van der Waals surface area (Å²) in [6, 6.07) is 27.5. The normalized spacial score (nSPS) is 10.8. The number of carbonyl (C=O) groups excluding carboxylic acids is 4. The number of amides is 4. The first-order valence-electron chi connectivity index (χ1n) is 13.8. The summed E-state index contributed by atoms with van der Waals surface area (Å²) in [6.07, 6.45) is 1.52. The molecule has 4 amide bonds. The van der Waals surface area contributed by atoms with Crippen molar-refractivity contribution in [2.45, 2.75) is 11.8 Å². The van der Waals surface area contributed by atoms with Crippen molar-refractivity contribution in [1.29, 1.82) is 0 Å². The summed E-state index contributed by atoms with van der Waals surface area (Å²) in [4.78, 5) is 51.1. The third-order valence-electron chi connectivity index (χ3n) is 6.22. The predicted octanol–water partition coefficient (Wildman–Crippen LogP) is 5.80. The summed E-state index contributed by atoms with van der Waals surface area (Å²) >= 11 is 1.29. The Morgan fingerprint density at radius 1 is 0.733 bits per heavy atom. The van der Waals surface area contributed by atoms with Crippen molar-refractivity contribution in [3.8, 4) is 11.5 Å². The van der Waals surface area contributed by atoms with Crippen molar-refractivity contribution in [1.82, 2.24) is 5.32 Å². The maximum Gasteiger partial charge on any atom is 0.272 e. The zero-order valence-electron chi connectivity index (χ0n) is 24.9. The van der Waals surface area contributed by atoms with Crippen LogP contribution >= 0.6 is 11.8 Å². The standard InChI is InChI=1S/C34H32N4O6S/c1-22(39)35-25-12-14-26(15-13-25)36-32(40)21-45-29-11-7-10-27(20-29)37-34(42)30(38-33(41)23-8-5-4-6-9-23)19-24-18-28(43-2)16-17-31(24)44-3/h4-20H,21H2,1-3H3,(H,35,39)(H,36,40)(H,37,42)(H,38,41)/b30-19+. The van der Waals surface area contributed by atoms with Crippen LogP contribution in [-0.4, -0.2) is 43.6 Å². The number of thioether (sulfide) groups is 1. The molecule has 0 bridgehead atoms. The number of benzene rings is 4. The summed E-state index contributed by atoms with van der Waals surface area (Å²) in [6.45, 7) is 1.42. The highest BCUT2D eigenvalue weighted by Crippen LogP contribution is 2.27. The predicted molar refractivity (Wildman–Crippen MR) is 177 cm³/mol. The first kappa shape index (κ1) is 32.4. The quantitative estimate of drug-likeness (QED) is 0.116. The van der Waals surface area contributed by atoms with E-state index in [0.717, 1.165) is 4.90 Å². The number of carbonyl (C=O) groups is 4. The molecular formula is C34H32N4O6S. The maximum atomic E-state index is 13.5. The van der Waals surface area contributed by atoms with E-state index in [1.165, 1.54) is 39.0 Å². The fraction of sp³-hybridized carbons (Fsp3) is 0.118. The molecule has 0 atom stereocenters. The van der Waals surface area contributed by atoms with Crippen LogP contribution in [0.2, 0.25) is 0 Å². The fourth-order valence-corrected chi connectivity index (χ4v) is 4.85. The van der Waals surface area contributed by atoms with Crippen molar-refractivity contribution >= 4 is 58.5 Å². The lowest BCUT2D eigenvalue weighted by Crippen LogP contribution is -2.30. The molecule has 0 aliphatic carbocycles. The molecule has 4 aromatic rings. The molecule has 0 saturated heterocycles. The minimum absolute atomic E-state index is 0.0163. The molecule has 0 unspecified atom stereocenters. The highest BCUT2D eigenvalue weighted by Gasteiger charge is 2.17. The van der Waals surface area contributed by atoms with Crippen LogP contribution in [0, 0.1) is 0 Å². The number of hydrogen-bond acceptors (Lipinski definition) is 7. The molecule has 45 heavy (non-hydrogen) atoms. The lowest BCUT2D eigenvalue weighted by atomic mass is 10.1. The topological polar surface area (TPSA) is 135 Å². The van der Waals surface area contributed by atoms with Gasteiger partial charge in [0.1, 0.15) is 17.2 Å². The van der Waals surface area contributed by atoms with Gasteiger partial charge < -0.3 is 30.7 Å². The molecule has 4 aromatic carbocycles. The molecule has 10 nitrogen and oxygen atoms in total. The Balaban J connectivity index is 1.47. The average molecular weight is 625 g/mol. The van der Waals surface area contributed by atoms with Gasteiger partial charge in [-0.15, -0.1) is 11.8 Å². The van der Waals surface area contributed by atoms with Gasteiger partial charge in [-0.2, -0.15) is 0 Å². The van der Waals surface area contributed by atoms with Crippen molar-refractivity contribution in [3.63, 3.8) is 0 Å². The third kappa shape index (κ3) is 9.73. The van der Waals surface area contributed by atoms with Crippen molar-refractivity contribution < 1.29 is 28.7 Å². The monoisotopic (exact) mass is 624 g/mol. The van der Waals surface area contributed by atoms with Crippen LogP contribution in [0.1, 0.15) is 22.8 Å². The molecule has 4 N–H and O–H groups in total. The number of rotatable bonds is 12. The minimum atomic E-state index is -0.563. The van der Waals surface area contributed by atoms with Gasteiger partial charge in [0.25, 0.3) is 11.8 Å². The second-order valence-corrected chi connectivity index (χ2v) is 10.6. The summed E-state index contributed by atoms with van der Waals surface area (Å²) in [5.41, 5.74) is 2.59. The van der Waals surface area contributed by atoms with Gasteiger partial charge in [0, 0.05) is 40.0 Å². The van der Waals surface area contributed by atoms with Crippen molar-refractivity contribution in [2.24, 2.45) is 0 Å². The maximum absolute atomic E-state index is 13.5. The van der Waals surface area contributed by atoms with E-state index in [2.05, 4.69) is 21.3 Å². The van der Waals surface area contributed by atoms with E-state index in [4.69, 9.17) is 9.47 Å². The van der Waals surface area contributed by atoms with Crippen LogP contribution in [0.3, 0.4) is 0 Å². The summed E-state index contributed by atoms with van der Waals surface area (Å²) in [7, 11) is 3.04. The highest BCUT2D eigenvalue weighted by molar-refractivity contribution is 8.00. The van der Waals surface area contributed by atoms with E-state index >= 15 is 0 Å². The van der Waals surface area contributed by atoms with Crippen molar-refractivity contribution in [2.75, 3.05) is 35.9 Å². The minimum Gasteiger partial charge on any atom is -0.497 e. The molecule has 11 heteroatoms. The van der Waals surface area contributed by atoms with E-state index in [9.17, 15) is 19.2 Å². The molecular weight excluding hydrogens is 592 g/mol. The largest absolute Gasteiger partial charge is 0.497 e. The van der Waals surface area contributed by atoms with Crippen LogP contribution < -0.4 is 30.7 Å². The van der Waals surface area contributed by atoms with Gasteiger partial charge in [0.2, 0.25) is 11.8 Å². The summed E-state index contributed by atoms with van der Waals surface area (Å²) in [5, 5.41) is 11.0. The van der Waals surface area contributed by atoms with Gasteiger partial charge >= 0.3 is 0 Å². The number of ether oxygens (including phenoxy) is 2. The second-order valence-electron chi connectivity index (χ2n) is 9.56. The van der Waals surface area contributed by atoms with E-state index in [-0.39, 0.29) is 23.3 Å². The van der Waals surface area contributed by atoms with Crippen LogP contribution in [0.4, 0.5) is 17.1 Å². The van der Waals surface area contributed by atoms with Gasteiger partial charge in [0.15, 0.2) is 0 Å². The number of nitrogens with one attached hydrogen (secondary N) is 4. The molecule has 0 fully saturated rings. The smallest absolute Gasteiger partial charge is 0.272 e. The summed E-state index contributed by atoms with van der Waals surface area (Å²) < 4.78 is 10.8. The van der Waals surface area contributed by atoms with Crippen molar-refractivity contribution in [3.05, 3.63) is 114 Å². The zero-order valence-corrected chi connectivity index (χ0v) is 25.7. The van der Waals surface area contributed by atoms with Crippen LogP contribution in [0.25, 0.3) is 6.08 Å². The molecule has 230 valence electrons. The average Bonchev–Trinajstić information content (AvgIpc) is 3.04. The SMILES string of the molecule is COc1ccc(OC)c(/C=C(/NC(=O)c2ccccc2)C(=O)Nc2cccc(SCC(=O)Nc3ccc(NC(C)=O)cc3)c2)c1. The molecule has 0 aliphatic heterocycles. The Morgan fingerprint density at radius 2 is 1.44 bits per heavy atom. The van der Waals surface area contributed by atoms with E-state index < -0.39 is 11.8 Å². The molecule has 0 spiro atoms. The Labute approximate surface area is 265 Å². The van der Waals surface area contributed by atoms with Crippen LogP contribution in [0.15, 0.2) is 108 Å². The zero-order chi connectivity index (χ0) is 32.2. The van der Waals surface area contributed by atoms with E-state index in [0.29, 0.717) is 39.7 Å². The Kier molecular flexibility index (Phi) is 11.4. The van der Waals surface area contributed by atoms with Gasteiger partial charge in [-0.3, -0.25) is 19.2 Å². The Morgan fingerprint density at radius 3 is 2.11 bits per heavy atom. The van der Waals surface area contributed by atoms with Gasteiger partial charge in [-0.1, -0.05) is 24.3 Å². The lowest BCUT2D eigenvalue weighted by molar-refractivity contribution is -0.114. The number of hydrogen-bond donors (Lipinski definition) is 4. The second kappa shape index (κ2) is 15.8. The first-order valence-corrected chi connectivity index (χ1v) is 14.7. The molecule has 4 rings (SSSR count). The van der Waals surface area contributed by atoms with Gasteiger partial charge in [0.05, 0.1) is 20.0 Å². The third-order valence-corrected chi connectivity index (χ3v) is 7.21. The first-order chi connectivity index (χ1) is 21.7. The van der Waals surface area contributed by atoms with Crippen LogP contribution in [0.5, 0.6) is 11.5 Å². The van der Waals surface area contributed by atoms with Gasteiger partial charge in [-0.05, 0) is 78.9 Å². The highest BCUT2D eigenvalue weighted by atomic mass is 32.2. The number of anilines is 3.